The van der Waals surface area contributed by atoms with Crippen molar-refractivity contribution in [2.45, 2.75) is 36.1 Å². The second-order valence-corrected chi connectivity index (χ2v) is 9.48. The number of carbonyl (C=O) groups excluding carboxylic acids is 1. The highest BCUT2D eigenvalue weighted by Gasteiger charge is 2.45. The molecule has 4 aromatic rings. The van der Waals surface area contributed by atoms with Crippen molar-refractivity contribution in [3.05, 3.63) is 36.3 Å². The first-order chi connectivity index (χ1) is 17.9. The number of fused-ring (bicyclic) bond motifs is 2. The number of ether oxygens (including phenoxy) is 2. The molecule has 0 saturated carbocycles. The molecule has 5 rings (SSSR count). The lowest BCUT2D eigenvalue weighted by Crippen LogP contribution is -2.33. The Morgan fingerprint density at radius 1 is 1.32 bits per heavy atom. The first kappa shape index (κ1) is 25.2. The summed E-state index contributed by atoms with van der Waals surface area (Å²) in [5, 5.41) is 34.5. The van der Waals surface area contributed by atoms with Crippen molar-refractivity contribution in [2.75, 3.05) is 31.7 Å². The lowest BCUT2D eigenvalue weighted by atomic mass is 10.1. The Morgan fingerprint density at radius 3 is 2.92 bits per heavy atom. The van der Waals surface area contributed by atoms with Crippen LogP contribution in [-0.2, 0) is 16.0 Å². The van der Waals surface area contributed by atoms with Gasteiger partial charge in [0, 0.05) is 23.6 Å². The van der Waals surface area contributed by atoms with Gasteiger partial charge in [0.05, 0.1) is 19.5 Å². The summed E-state index contributed by atoms with van der Waals surface area (Å²) >= 11 is 1.10. The van der Waals surface area contributed by atoms with Gasteiger partial charge in [0.2, 0.25) is 5.91 Å². The second-order valence-electron chi connectivity index (χ2n) is 8.54. The van der Waals surface area contributed by atoms with E-state index in [4.69, 9.17) is 15.2 Å². The van der Waals surface area contributed by atoms with Crippen molar-refractivity contribution in [1.82, 2.24) is 29.8 Å². The highest BCUT2D eigenvalue weighted by atomic mass is 32.2. The molecule has 37 heavy (non-hydrogen) atoms. The lowest BCUT2D eigenvalue weighted by molar-refractivity contribution is -0.118. The van der Waals surface area contributed by atoms with Gasteiger partial charge < -0.3 is 40.8 Å². The van der Waals surface area contributed by atoms with Crippen LogP contribution in [0.2, 0.25) is 0 Å². The molecular formula is C23H27N7O6S. The number of carbonyl (C=O) groups is 1. The molecule has 0 unspecified atom stereocenters. The number of aliphatic hydroxyl groups excluding tert-OH is 3. The summed E-state index contributed by atoms with van der Waals surface area (Å²) in [6.07, 6.45) is -0.945. The number of nitrogen functional groups attached to an aromatic ring is 1. The SMILES string of the molecule is COc1ccc2[nH]cc(CCNC(=O)CSc3nc4c(N)ncnc4n3[C@@H]3O[C@H](CO)[C@@H](O)[C@H]3O)c2c1. The number of H-pyrrole nitrogens is 1. The quantitative estimate of drug-likeness (QED) is 0.159. The fourth-order valence-corrected chi connectivity index (χ4v) is 5.19. The van der Waals surface area contributed by atoms with Crippen LogP contribution >= 0.6 is 11.8 Å². The van der Waals surface area contributed by atoms with Gasteiger partial charge in [0.1, 0.15) is 30.4 Å². The van der Waals surface area contributed by atoms with E-state index in [1.165, 1.54) is 10.9 Å². The van der Waals surface area contributed by atoms with E-state index in [2.05, 4.69) is 25.3 Å². The molecule has 1 aliphatic rings. The average Bonchev–Trinajstić information content (AvgIpc) is 3.57. The Balaban J connectivity index is 1.27. The van der Waals surface area contributed by atoms with Crippen LogP contribution in [0.3, 0.4) is 0 Å². The van der Waals surface area contributed by atoms with E-state index in [0.29, 0.717) is 18.1 Å². The van der Waals surface area contributed by atoms with Crippen LogP contribution in [0.4, 0.5) is 5.82 Å². The predicted molar refractivity (Wildman–Crippen MR) is 135 cm³/mol. The molecule has 14 heteroatoms. The highest BCUT2D eigenvalue weighted by molar-refractivity contribution is 7.99. The number of benzene rings is 1. The Hall–Kier alpha value is -3.43. The van der Waals surface area contributed by atoms with Crippen molar-refractivity contribution >= 4 is 45.6 Å². The molecule has 196 valence electrons. The zero-order valence-electron chi connectivity index (χ0n) is 19.9. The third kappa shape index (κ3) is 4.81. The molecule has 4 heterocycles. The Kier molecular flexibility index (Phi) is 7.17. The Labute approximate surface area is 215 Å². The number of thioether (sulfide) groups is 1. The van der Waals surface area contributed by atoms with Crippen LogP contribution in [0.1, 0.15) is 11.8 Å². The highest BCUT2D eigenvalue weighted by Crippen LogP contribution is 2.36. The molecule has 7 N–H and O–H groups in total. The normalized spacial score (nSPS) is 21.6. The molecule has 3 aromatic heterocycles. The largest absolute Gasteiger partial charge is 0.497 e. The van der Waals surface area contributed by atoms with Gasteiger partial charge >= 0.3 is 0 Å². The number of nitrogens with zero attached hydrogens (tertiary/aromatic N) is 4. The van der Waals surface area contributed by atoms with E-state index < -0.39 is 31.1 Å². The molecule has 1 aliphatic heterocycles. The van der Waals surface area contributed by atoms with Gasteiger partial charge in [0.25, 0.3) is 0 Å². The number of nitrogens with two attached hydrogens (primary N) is 1. The number of aromatic amines is 1. The number of aliphatic hydroxyl groups is 3. The van der Waals surface area contributed by atoms with E-state index in [1.807, 2.05) is 24.4 Å². The first-order valence-corrected chi connectivity index (χ1v) is 12.5. The molecule has 13 nitrogen and oxygen atoms in total. The molecule has 1 amide bonds. The van der Waals surface area contributed by atoms with E-state index in [1.54, 1.807) is 7.11 Å². The number of rotatable bonds is 9. The van der Waals surface area contributed by atoms with Crippen molar-refractivity contribution in [2.24, 2.45) is 0 Å². The van der Waals surface area contributed by atoms with Gasteiger partial charge in [-0.25, -0.2) is 15.0 Å². The zero-order valence-corrected chi connectivity index (χ0v) is 20.7. The van der Waals surface area contributed by atoms with Crippen LogP contribution in [0.5, 0.6) is 5.75 Å². The maximum absolute atomic E-state index is 12.6. The zero-order chi connectivity index (χ0) is 26.1. The molecule has 0 bridgehead atoms. The number of hydrogen-bond donors (Lipinski definition) is 6. The summed E-state index contributed by atoms with van der Waals surface area (Å²) in [7, 11) is 1.62. The lowest BCUT2D eigenvalue weighted by Gasteiger charge is -2.19. The molecule has 0 aliphatic carbocycles. The number of anilines is 1. The minimum Gasteiger partial charge on any atom is -0.497 e. The number of amides is 1. The molecular weight excluding hydrogens is 502 g/mol. The summed E-state index contributed by atoms with van der Waals surface area (Å²) in [4.78, 5) is 28.5. The third-order valence-corrected chi connectivity index (χ3v) is 7.22. The average molecular weight is 530 g/mol. The molecule has 1 aromatic carbocycles. The summed E-state index contributed by atoms with van der Waals surface area (Å²) in [6, 6.07) is 5.78. The van der Waals surface area contributed by atoms with Crippen molar-refractivity contribution in [3.63, 3.8) is 0 Å². The minimum absolute atomic E-state index is 0.0210. The fourth-order valence-electron chi connectivity index (χ4n) is 4.34. The molecule has 0 radical (unpaired) electrons. The number of imidazole rings is 1. The maximum atomic E-state index is 12.6. The van der Waals surface area contributed by atoms with Crippen LogP contribution in [0.25, 0.3) is 22.1 Å². The standard InChI is InChI=1S/C23H27N7O6S/c1-35-12-2-3-14-13(6-12)11(7-26-14)4-5-25-16(32)9-37-23-29-17-20(24)27-10-28-21(17)30(23)22-19(34)18(33)15(8-31)36-22/h2-3,6-7,10,15,18-19,22,26,31,33-34H,4-5,8-9H2,1H3,(H,25,32)(H2,24,27,28)/t15-,18-,19-,22-/m1/s1. The third-order valence-electron chi connectivity index (χ3n) is 6.27. The van der Waals surface area contributed by atoms with Crippen molar-refractivity contribution < 1.29 is 29.6 Å². The van der Waals surface area contributed by atoms with Gasteiger partial charge in [-0.05, 0) is 30.2 Å². The summed E-state index contributed by atoms with van der Waals surface area (Å²) in [6.45, 7) is -0.0558. The molecule has 4 atom stereocenters. The van der Waals surface area contributed by atoms with E-state index in [0.717, 1.165) is 34.0 Å². The number of hydrogen-bond acceptors (Lipinski definition) is 11. The Bertz CT molecular complexity index is 1430. The molecule has 1 fully saturated rings. The monoisotopic (exact) mass is 529 g/mol. The number of nitrogens with one attached hydrogen (secondary N) is 2. The number of aromatic nitrogens is 5. The van der Waals surface area contributed by atoms with Gasteiger partial charge in [-0.1, -0.05) is 11.8 Å². The van der Waals surface area contributed by atoms with Crippen LogP contribution in [-0.4, -0.2) is 90.1 Å². The minimum atomic E-state index is -1.35. The first-order valence-electron chi connectivity index (χ1n) is 11.6. The topological polar surface area (TPSA) is 194 Å². The predicted octanol–water partition coefficient (Wildman–Crippen LogP) is -0.0391. The van der Waals surface area contributed by atoms with Crippen molar-refractivity contribution in [1.29, 1.82) is 0 Å². The van der Waals surface area contributed by atoms with Gasteiger partial charge in [0.15, 0.2) is 28.4 Å². The van der Waals surface area contributed by atoms with Crippen LogP contribution in [0, 0.1) is 0 Å². The van der Waals surface area contributed by atoms with Crippen LogP contribution < -0.4 is 15.8 Å². The molecule has 1 saturated heterocycles. The maximum Gasteiger partial charge on any atom is 0.230 e. The Morgan fingerprint density at radius 2 is 2.16 bits per heavy atom. The summed E-state index contributed by atoms with van der Waals surface area (Å²) < 4.78 is 12.4. The van der Waals surface area contributed by atoms with Gasteiger partial charge in [-0.2, -0.15) is 0 Å². The van der Waals surface area contributed by atoms with Gasteiger partial charge in [-0.3, -0.25) is 9.36 Å². The van der Waals surface area contributed by atoms with E-state index in [-0.39, 0.29) is 28.6 Å². The summed E-state index contributed by atoms with van der Waals surface area (Å²) in [5.41, 5.74) is 8.56. The van der Waals surface area contributed by atoms with E-state index in [9.17, 15) is 20.1 Å². The van der Waals surface area contributed by atoms with Crippen LogP contribution in [0.15, 0.2) is 35.9 Å². The second kappa shape index (κ2) is 10.5. The summed E-state index contributed by atoms with van der Waals surface area (Å²) in [5.74, 6) is 0.683. The fraction of sp³-hybridized carbons (Fsp3) is 0.391. The van der Waals surface area contributed by atoms with E-state index >= 15 is 0 Å². The number of methoxy groups -OCH3 is 1. The van der Waals surface area contributed by atoms with Crippen molar-refractivity contribution in [3.8, 4) is 5.75 Å². The van der Waals surface area contributed by atoms with Gasteiger partial charge in [-0.15, -0.1) is 0 Å². The smallest absolute Gasteiger partial charge is 0.230 e. The molecule has 0 spiro atoms.